The van der Waals surface area contributed by atoms with Crippen LogP contribution in [-0.2, 0) is 18.9 Å². The van der Waals surface area contributed by atoms with Gasteiger partial charge in [-0.3, -0.25) is 0 Å². The molecule has 0 amide bonds. The third-order valence-electron chi connectivity index (χ3n) is 6.63. The predicted molar refractivity (Wildman–Crippen MR) is 186 cm³/mol. The lowest BCUT2D eigenvalue weighted by Crippen LogP contribution is -2.14. The zero-order valence-electron chi connectivity index (χ0n) is 27.3. The van der Waals surface area contributed by atoms with E-state index >= 15 is 0 Å². The van der Waals surface area contributed by atoms with Gasteiger partial charge in [0.2, 0.25) is 0 Å². The quantitative estimate of drug-likeness (QED) is 0.0491. The molecule has 0 spiro atoms. The Morgan fingerprint density at radius 2 is 0.830 bits per heavy atom. The maximum absolute atomic E-state index is 6.37. The third-order valence-corrected chi connectivity index (χ3v) is 6.63. The smallest absolute Gasteiger partial charge is 0.127 e. The van der Waals surface area contributed by atoms with Gasteiger partial charge in [0.05, 0.1) is 52.9 Å². The molecule has 0 aliphatic rings. The van der Waals surface area contributed by atoms with Gasteiger partial charge < -0.3 is 37.9 Å². The van der Waals surface area contributed by atoms with Gasteiger partial charge in [-0.1, -0.05) is 66.8 Å². The summed E-state index contributed by atoms with van der Waals surface area (Å²) in [4.78, 5) is 0. The largest absolute Gasteiger partial charge is 0.491 e. The molecule has 0 bridgehead atoms. The summed E-state index contributed by atoms with van der Waals surface area (Å²) >= 11 is 0. The van der Waals surface area contributed by atoms with Crippen molar-refractivity contribution in [3.8, 4) is 23.0 Å². The number of ether oxygens (including phenoxy) is 8. The molecule has 47 heavy (non-hydrogen) atoms. The van der Waals surface area contributed by atoms with Crippen LogP contribution in [0.3, 0.4) is 0 Å². The van der Waals surface area contributed by atoms with Gasteiger partial charge in [-0.15, -0.1) is 26.3 Å². The van der Waals surface area contributed by atoms with E-state index in [1.54, 1.807) is 24.3 Å². The van der Waals surface area contributed by atoms with E-state index in [2.05, 4.69) is 38.4 Å². The van der Waals surface area contributed by atoms with Crippen LogP contribution in [0.1, 0.15) is 22.6 Å². The normalized spacial score (nSPS) is 10.7. The van der Waals surface area contributed by atoms with Crippen LogP contribution in [0, 0.1) is 0 Å². The second-order valence-corrected chi connectivity index (χ2v) is 10.1. The Morgan fingerprint density at radius 1 is 0.447 bits per heavy atom. The highest BCUT2D eigenvalue weighted by molar-refractivity contribution is 5.56. The van der Waals surface area contributed by atoms with Crippen molar-refractivity contribution < 1.29 is 37.9 Å². The first-order chi connectivity index (χ1) is 23.2. The summed E-state index contributed by atoms with van der Waals surface area (Å²) in [5, 5.41) is 0. The van der Waals surface area contributed by atoms with Crippen molar-refractivity contribution in [1.29, 1.82) is 0 Å². The summed E-state index contributed by atoms with van der Waals surface area (Å²) in [6.45, 7) is 19.8. The van der Waals surface area contributed by atoms with Crippen LogP contribution in [-0.4, -0.2) is 79.3 Å². The molecule has 0 saturated heterocycles. The predicted octanol–water partition coefficient (Wildman–Crippen LogP) is 7.19. The zero-order chi connectivity index (χ0) is 33.4. The van der Waals surface area contributed by atoms with Gasteiger partial charge in [0.25, 0.3) is 0 Å². The molecule has 0 aromatic heterocycles. The molecule has 3 aromatic rings. The van der Waals surface area contributed by atoms with E-state index in [1.807, 2.05) is 54.6 Å². The van der Waals surface area contributed by atoms with E-state index < -0.39 is 0 Å². The average Bonchev–Trinajstić information content (AvgIpc) is 3.10. The minimum absolute atomic E-state index is 0.251. The average molecular weight is 645 g/mol. The van der Waals surface area contributed by atoms with Crippen LogP contribution in [0.25, 0.3) is 0 Å². The van der Waals surface area contributed by atoms with E-state index in [-0.39, 0.29) is 5.92 Å². The van der Waals surface area contributed by atoms with Crippen molar-refractivity contribution in [2.75, 3.05) is 79.3 Å². The lowest BCUT2D eigenvalue weighted by Gasteiger charge is -2.25. The lowest BCUT2D eigenvalue weighted by molar-refractivity contribution is 0.117. The molecule has 0 aliphatic carbocycles. The van der Waals surface area contributed by atoms with Gasteiger partial charge in [0.15, 0.2) is 0 Å². The van der Waals surface area contributed by atoms with E-state index in [1.165, 1.54) is 0 Å². The van der Waals surface area contributed by atoms with Crippen LogP contribution in [0.15, 0.2) is 117 Å². The minimum atomic E-state index is -0.251. The first-order valence-electron chi connectivity index (χ1n) is 15.8. The van der Waals surface area contributed by atoms with Crippen LogP contribution >= 0.6 is 0 Å². The molecule has 0 unspecified atom stereocenters. The van der Waals surface area contributed by atoms with E-state index in [9.17, 15) is 0 Å². The molecule has 0 fully saturated rings. The SMILES string of the molecule is C=CCOCCOc1ccc(C(c2ccccc2)c2ccc(OCCOCC=C)cc2OCCOCC=C)c(OCCOCC=C)c1. The molecular formula is C39H48O8. The standard InChI is InChI=1S/C39H48O8/c1-5-18-40-22-26-44-33-14-16-35(37(30-33)46-28-24-42-20-7-3)39(32-12-10-9-11-13-32)36-17-15-34(45-27-23-41-19-6-2)31-38(36)47-29-25-43-21-8-4/h5-17,30-31,39H,1-4,18-29H2. The summed E-state index contributed by atoms with van der Waals surface area (Å²) in [7, 11) is 0. The molecule has 3 rings (SSSR count). The maximum Gasteiger partial charge on any atom is 0.127 e. The molecule has 0 heterocycles. The van der Waals surface area contributed by atoms with Crippen LogP contribution < -0.4 is 18.9 Å². The molecule has 0 atom stereocenters. The molecule has 8 nitrogen and oxygen atoms in total. The minimum Gasteiger partial charge on any atom is -0.491 e. The van der Waals surface area contributed by atoms with Crippen LogP contribution in [0.4, 0.5) is 0 Å². The summed E-state index contributed by atoms with van der Waals surface area (Å²) in [5.74, 6) is 2.43. The Balaban J connectivity index is 2.01. The van der Waals surface area contributed by atoms with Crippen molar-refractivity contribution in [1.82, 2.24) is 0 Å². The lowest BCUT2D eigenvalue weighted by atomic mass is 9.84. The highest BCUT2D eigenvalue weighted by Crippen LogP contribution is 2.43. The first kappa shape index (κ1) is 37.1. The van der Waals surface area contributed by atoms with E-state index in [0.29, 0.717) is 102 Å². The summed E-state index contributed by atoms with van der Waals surface area (Å²) in [6.07, 6.45) is 6.85. The Labute approximate surface area is 279 Å². The van der Waals surface area contributed by atoms with Crippen LogP contribution in [0.5, 0.6) is 23.0 Å². The van der Waals surface area contributed by atoms with Gasteiger partial charge in [-0.05, 0) is 17.7 Å². The number of rotatable bonds is 27. The third kappa shape index (κ3) is 13.5. The van der Waals surface area contributed by atoms with E-state index in [4.69, 9.17) is 37.9 Å². The Bertz CT molecular complexity index is 1260. The topological polar surface area (TPSA) is 73.8 Å². The van der Waals surface area contributed by atoms with Crippen LogP contribution in [0.2, 0.25) is 0 Å². The van der Waals surface area contributed by atoms with Crippen molar-refractivity contribution in [2.45, 2.75) is 5.92 Å². The zero-order valence-corrected chi connectivity index (χ0v) is 27.3. The highest BCUT2D eigenvalue weighted by Gasteiger charge is 2.25. The summed E-state index contributed by atoms with van der Waals surface area (Å²) < 4.78 is 46.9. The Hall–Kier alpha value is -4.34. The Kier molecular flexibility index (Phi) is 18.2. The number of hydrogen-bond donors (Lipinski definition) is 0. The molecule has 0 radical (unpaired) electrons. The van der Waals surface area contributed by atoms with Crippen molar-refractivity contribution in [2.24, 2.45) is 0 Å². The molecule has 0 N–H and O–H groups in total. The molecule has 3 aromatic carbocycles. The molecular weight excluding hydrogens is 596 g/mol. The fourth-order valence-electron chi connectivity index (χ4n) is 4.63. The van der Waals surface area contributed by atoms with E-state index in [0.717, 1.165) is 16.7 Å². The van der Waals surface area contributed by atoms with Crippen molar-refractivity contribution in [3.05, 3.63) is 134 Å². The number of benzene rings is 3. The fourth-order valence-corrected chi connectivity index (χ4v) is 4.63. The van der Waals surface area contributed by atoms with Gasteiger partial charge >= 0.3 is 0 Å². The van der Waals surface area contributed by atoms with Gasteiger partial charge in [0, 0.05) is 29.2 Å². The maximum atomic E-state index is 6.37. The molecule has 0 saturated carbocycles. The monoisotopic (exact) mass is 644 g/mol. The molecule has 8 heteroatoms. The van der Waals surface area contributed by atoms with Crippen molar-refractivity contribution >= 4 is 0 Å². The highest BCUT2D eigenvalue weighted by atomic mass is 16.5. The molecule has 252 valence electrons. The Morgan fingerprint density at radius 3 is 1.21 bits per heavy atom. The van der Waals surface area contributed by atoms with Crippen molar-refractivity contribution in [3.63, 3.8) is 0 Å². The summed E-state index contributed by atoms with van der Waals surface area (Å²) in [5.41, 5.74) is 2.94. The fraction of sp³-hybridized carbons (Fsp3) is 0.333. The van der Waals surface area contributed by atoms with Gasteiger partial charge in [-0.2, -0.15) is 0 Å². The molecule has 0 aliphatic heterocycles. The first-order valence-corrected chi connectivity index (χ1v) is 15.8. The number of hydrogen-bond acceptors (Lipinski definition) is 8. The van der Waals surface area contributed by atoms with Gasteiger partial charge in [-0.25, -0.2) is 0 Å². The second-order valence-electron chi connectivity index (χ2n) is 10.1. The second kappa shape index (κ2) is 23.1. The van der Waals surface area contributed by atoms with Gasteiger partial charge in [0.1, 0.15) is 49.4 Å². The summed E-state index contributed by atoms with van der Waals surface area (Å²) in [6, 6.07) is 22.0.